The summed E-state index contributed by atoms with van der Waals surface area (Å²) >= 11 is 1.75. The van der Waals surface area contributed by atoms with Crippen LogP contribution in [0.15, 0.2) is 83.7 Å². The van der Waals surface area contributed by atoms with Crippen molar-refractivity contribution in [2.45, 2.75) is 13.0 Å². The molecule has 0 fully saturated rings. The van der Waals surface area contributed by atoms with Crippen LogP contribution in [-0.2, 0) is 0 Å². The number of hydrogen-bond acceptors (Lipinski definition) is 3. The maximum Gasteiger partial charge on any atom is 0.194 e. The predicted molar refractivity (Wildman–Crippen MR) is 128 cm³/mol. The quantitative estimate of drug-likeness (QED) is 0.251. The van der Waals surface area contributed by atoms with Crippen LogP contribution in [0.25, 0.3) is 52.8 Å². The SMILES string of the molecule is CC(O)c1c(-c2ccccc2)c(=O)c2ccc3c4ccccc4sc4ccc1c2c43. The van der Waals surface area contributed by atoms with E-state index in [4.69, 9.17) is 0 Å². The lowest BCUT2D eigenvalue weighted by Gasteiger charge is -2.19. The molecule has 0 saturated heterocycles. The van der Waals surface area contributed by atoms with Gasteiger partial charge >= 0.3 is 0 Å². The van der Waals surface area contributed by atoms with Gasteiger partial charge in [-0.3, -0.25) is 4.79 Å². The molecule has 0 aliphatic heterocycles. The molecule has 30 heavy (non-hydrogen) atoms. The Bertz CT molecular complexity index is 1630. The second-order valence-corrected chi connectivity index (χ2v) is 8.86. The minimum absolute atomic E-state index is 0.0165. The standard InChI is InChI=1S/C27H18O2S/c1-15(28)23-19-13-14-22-26-18(17-9-5-6-10-21(17)30-22)11-12-20(25(19)26)27(29)24(23)16-7-3-2-4-8-16/h2-15,28H,1H3. The van der Waals surface area contributed by atoms with E-state index in [2.05, 4.69) is 42.5 Å². The van der Waals surface area contributed by atoms with Crippen molar-refractivity contribution >= 4 is 53.1 Å². The zero-order chi connectivity index (χ0) is 20.4. The van der Waals surface area contributed by atoms with E-state index < -0.39 is 6.10 Å². The molecule has 0 aliphatic carbocycles. The molecule has 3 heteroatoms. The Kier molecular flexibility index (Phi) is 3.73. The van der Waals surface area contributed by atoms with Gasteiger partial charge in [-0.25, -0.2) is 0 Å². The molecule has 1 unspecified atom stereocenters. The van der Waals surface area contributed by atoms with Crippen molar-refractivity contribution in [1.82, 2.24) is 0 Å². The molecule has 0 aliphatic rings. The Hall–Kier alpha value is -3.27. The normalized spacial score (nSPS) is 13.0. The van der Waals surface area contributed by atoms with Crippen molar-refractivity contribution in [3.05, 3.63) is 94.6 Å². The lowest BCUT2D eigenvalue weighted by molar-refractivity contribution is 0.201. The summed E-state index contributed by atoms with van der Waals surface area (Å²) in [6.45, 7) is 1.75. The second kappa shape index (κ2) is 6.36. The molecule has 0 saturated carbocycles. The van der Waals surface area contributed by atoms with Crippen molar-refractivity contribution in [1.29, 1.82) is 0 Å². The molecule has 0 bridgehead atoms. The van der Waals surface area contributed by atoms with Crippen LogP contribution in [0.1, 0.15) is 18.6 Å². The Morgan fingerprint density at radius 2 is 1.40 bits per heavy atom. The highest BCUT2D eigenvalue weighted by atomic mass is 32.1. The maximum absolute atomic E-state index is 13.7. The fourth-order valence-electron chi connectivity index (χ4n) is 4.80. The first kappa shape index (κ1) is 17.6. The number of benzene rings is 5. The third-order valence-corrected chi connectivity index (χ3v) is 7.17. The van der Waals surface area contributed by atoms with E-state index in [1.54, 1.807) is 18.3 Å². The third-order valence-electron chi connectivity index (χ3n) is 6.03. The monoisotopic (exact) mass is 406 g/mol. The highest BCUT2D eigenvalue weighted by Crippen LogP contribution is 2.43. The summed E-state index contributed by atoms with van der Waals surface area (Å²) in [5.74, 6) is 0. The van der Waals surface area contributed by atoms with Gasteiger partial charge in [-0.15, -0.1) is 11.3 Å². The van der Waals surface area contributed by atoms with Crippen molar-refractivity contribution in [3.8, 4) is 11.1 Å². The predicted octanol–water partition coefficient (Wildman–Crippen LogP) is 6.88. The van der Waals surface area contributed by atoms with Crippen LogP contribution < -0.4 is 5.43 Å². The van der Waals surface area contributed by atoms with Gasteiger partial charge in [-0.1, -0.05) is 60.7 Å². The molecule has 6 aromatic rings. The van der Waals surface area contributed by atoms with Gasteiger partial charge in [-0.05, 0) is 52.4 Å². The first-order valence-electron chi connectivity index (χ1n) is 10.0. The van der Waals surface area contributed by atoms with Crippen molar-refractivity contribution in [3.63, 3.8) is 0 Å². The summed E-state index contributed by atoms with van der Waals surface area (Å²) in [6.07, 6.45) is -0.752. The number of hydrogen-bond donors (Lipinski definition) is 1. The van der Waals surface area contributed by atoms with Crippen LogP contribution >= 0.6 is 11.3 Å². The van der Waals surface area contributed by atoms with E-state index >= 15 is 0 Å². The topological polar surface area (TPSA) is 37.3 Å². The molecular weight excluding hydrogens is 388 g/mol. The largest absolute Gasteiger partial charge is 0.389 e. The van der Waals surface area contributed by atoms with Crippen LogP contribution in [0.5, 0.6) is 0 Å². The molecular formula is C27H18O2S. The zero-order valence-corrected chi connectivity index (χ0v) is 17.2. The van der Waals surface area contributed by atoms with Crippen LogP contribution in [0, 0.1) is 0 Å². The summed E-state index contributed by atoms with van der Waals surface area (Å²) in [4.78, 5) is 13.7. The van der Waals surface area contributed by atoms with Gasteiger partial charge in [0, 0.05) is 31.1 Å². The van der Waals surface area contributed by atoms with Gasteiger partial charge < -0.3 is 5.11 Å². The molecule has 6 rings (SSSR count). The summed E-state index contributed by atoms with van der Waals surface area (Å²) in [7, 11) is 0. The Balaban J connectivity index is 1.90. The minimum atomic E-state index is -0.752. The average Bonchev–Trinajstić information content (AvgIpc) is 2.78. The fourth-order valence-corrected chi connectivity index (χ4v) is 5.92. The zero-order valence-electron chi connectivity index (χ0n) is 16.3. The molecule has 1 N–H and O–H groups in total. The minimum Gasteiger partial charge on any atom is -0.389 e. The fraction of sp³-hybridized carbons (Fsp3) is 0.0741. The highest BCUT2D eigenvalue weighted by Gasteiger charge is 2.23. The Labute approximate surface area is 177 Å². The van der Waals surface area contributed by atoms with Crippen LogP contribution in [-0.4, -0.2) is 5.11 Å². The number of fused-ring (bicyclic) bond motifs is 2. The maximum atomic E-state index is 13.7. The number of aliphatic hydroxyl groups is 1. The van der Waals surface area contributed by atoms with Crippen LogP contribution in [0.4, 0.5) is 0 Å². The van der Waals surface area contributed by atoms with E-state index in [-0.39, 0.29) is 5.43 Å². The van der Waals surface area contributed by atoms with E-state index in [1.807, 2.05) is 36.4 Å². The van der Waals surface area contributed by atoms with E-state index in [9.17, 15) is 9.90 Å². The molecule has 1 aromatic heterocycles. The van der Waals surface area contributed by atoms with Crippen molar-refractivity contribution < 1.29 is 5.11 Å². The first-order chi connectivity index (χ1) is 14.6. The lowest BCUT2D eigenvalue weighted by Crippen LogP contribution is -2.12. The molecule has 1 heterocycles. The van der Waals surface area contributed by atoms with E-state index in [0.29, 0.717) is 16.5 Å². The summed E-state index contributed by atoms with van der Waals surface area (Å²) in [5, 5.41) is 16.9. The van der Waals surface area contributed by atoms with Gasteiger partial charge in [-0.2, -0.15) is 0 Å². The summed E-state index contributed by atoms with van der Waals surface area (Å²) in [6, 6.07) is 26.3. The van der Waals surface area contributed by atoms with Gasteiger partial charge in [0.05, 0.1) is 6.10 Å². The van der Waals surface area contributed by atoms with Crippen molar-refractivity contribution in [2.24, 2.45) is 0 Å². The van der Waals surface area contributed by atoms with Crippen LogP contribution in [0.3, 0.4) is 0 Å². The molecule has 5 aromatic carbocycles. The average molecular weight is 407 g/mol. The first-order valence-corrected chi connectivity index (χ1v) is 10.9. The molecule has 0 spiro atoms. The summed E-state index contributed by atoms with van der Waals surface area (Å²) < 4.78 is 2.39. The third kappa shape index (κ3) is 2.30. The van der Waals surface area contributed by atoms with Gasteiger partial charge in [0.15, 0.2) is 5.43 Å². The number of rotatable bonds is 2. The van der Waals surface area contributed by atoms with Crippen molar-refractivity contribution in [2.75, 3.05) is 0 Å². The number of aliphatic hydroxyl groups excluding tert-OH is 1. The van der Waals surface area contributed by atoms with Gasteiger partial charge in [0.25, 0.3) is 0 Å². The van der Waals surface area contributed by atoms with E-state index in [1.165, 1.54) is 10.1 Å². The van der Waals surface area contributed by atoms with Crippen LogP contribution in [0.2, 0.25) is 0 Å². The summed E-state index contributed by atoms with van der Waals surface area (Å²) in [5.41, 5.74) is 2.14. The second-order valence-electron chi connectivity index (χ2n) is 7.78. The van der Waals surface area contributed by atoms with E-state index in [0.717, 1.165) is 31.8 Å². The molecule has 0 amide bonds. The molecule has 144 valence electrons. The van der Waals surface area contributed by atoms with Gasteiger partial charge in [0.1, 0.15) is 0 Å². The smallest absolute Gasteiger partial charge is 0.194 e. The van der Waals surface area contributed by atoms with Gasteiger partial charge in [0.2, 0.25) is 0 Å². The molecule has 2 nitrogen and oxygen atoms in total. The lowest BCUT2D eigenvalue weighted by atomic mass is 9.86. The molecule has 1 atom stereocenters. The highest BCUT2D eigenvalue weighted by molar-refractivity contribution is 7.25. The Morgan fingerprint density at radius 1 is 0.700 bits per heavy atom. The Morgan fingerprint density at radius 3 is 2.20 bits per heavy atom. The molecule has 0 radical (unpaired) electrons.